The third-order valence-electron chi connectivity index (χ3n) is 4.94. The molecule has 2 aromatic heterocycles. The summed E-state index contributed by atoms with van der Waals surface area (Å²) in [5, 5.41) is 11.0. The molecule has 0 radical (unpaired) electrons. The monoisotopic (exact) mass is 414 g/mol. The van der Waals surface area contributed by atoms with Crippen molar-refractivity contribution in [3.8, 4) is 11.1 Å². The molecule has 0 aliphatic rings. The van der Waals surface area contributed by atoms with Gasteiger partial charge in [0.1, 0.15) is 5.69 Å². The molecular formula is C24H18N2O5. The predicted molar refractivity (Wildman–Crippen MR) is 115 cm³/mol. The lowest BCUT2D eigenvalue weighted by Gasteiger charge is -2.08. The Bertz CT molecular complexity index is 1290. The molecule has 2 aromatic carbocycles. The van der Waals surface area contributed by atoms with E-state index in [1.54, 1.807) is 35.7 Å². The maximum atomic E-state index is 13.6. The van der Waals surface area contributed by atoms with E-state index in [1.807, 2.05) is 30.3 Å². The largest absolute Gasteiger partial charge is 0.462 e. The van der Waals surface area contributed by atoms with Crippen LogP contribution >= 0.6 is 0 Å². The first-order valence-electron chi connectivity index (χ1n) is 9.67. The molecule has 0 amide bonds. The van der Waals surface area contributed by atoms with Gasteiger partial charge in [0.15, 0.2) is 0 Å². The Morgan fingerprint density at radius 3 is 2.29 bits per heavy atom. The average molecular weight is 414 g/mol. The number of non-ortho nitro benzene ring substituents is 1. The van der Waals surface area contributed by atoms with Crippen molar-refractivity contribution in [1.29, 1.82) is 0 Å². The Labute approximate surface area is 177 Å². The summed E-state index contributed by atoms with van der Waals surface area (Å²) in [5.74, 6) is -0.877. The fraction of sp³-hybridized carbons (Fsp3) is 0.0833. The van der Waals surface area contributed by atoms with Crippen LogP contribution in [0.4, 0.5) is 5.69 Å². The van der Waals surface area contributed by atoms with Gasteiger partial charge in [-0.15, -0.1) is 0 Å². The molecule has 0 bridgehead atoms. The summed E-state index contributed by atoms with van der Waals surface area (Å²) in [6, 6.07) is 19.9. The molecule has 0 unspecified atom stereocenters. The van der Waals surface area contributed by atoms with E-state index in [4.69, 9.17) is 4.74 Å². The molecule has 0 atom stereocenters. The number of hydrogen-bond acceptors (Lipinski definition) is 5. The lowest BCUT2D eigenvalue weighted by atomic mass is 9.96. The fourth-order valence-electron chi connectivity index (χ4n) is 3.60. The van der Waals surface area contributed by atoms with Crippen LogP contribution in [0, 0.1) is 10.1 Å². The van der Waals surface area contributed by atoms with Gasteiger partial charge in [-0.25, -0.2) is 4.79 Å². The molecular weight excluding hydrogens is 396 g/mol. The number of pyridine rings is 1. The maximum Gasteiger partial charge on any atom is 0.340 e. The van der Waals surface area contributed by atoms with E-state index in [0.717, 1.165) is 0 Å². The van der Waals surface area contributed by atoms with Crippen LogP contribution in [0.3, 0.4) is 0 Å². The molecule has 31 heavy (non-hydrogen) atoms. The van der Waals surface area contributed by atoms with Gasteiger partial charge in [-0.3, -0.25) is 14.9 Å². The molecule has 0 N–H and O–H groups in total. The summed E-state index contributed by atoms with van der Waals surface area (Å²) in [6.07, 6.45) is 1.71. The molecule has 154 valence electrons. The second-order valence-electron chi connectivity index (χ2n) is 6.77. The molecule has 4 aromatic rings. The van der Waals surface area contributed by atoms with Crippen LogP contribution in [0.1, 0.15) is 33.3 Å². The number of ether oxygens (including phenoxy) is 1. The molecule has 0 saturated carbocycles. The van der Waals surface area contributed by atoms with E-state index in [0.29, 0.717) is 27.9 Å². The molecule has 7 heteroatoms. The van der Waals surface area contributed by atoms with Gasteiger partial charge in [0, 0.05) is 29.5 Å². The van der Waals surface area contributed by atoms with Gasteiger partial charge in [-0.2, -0.15) is 0 Å². The number of nitrogens with zero attached hydrogens (tertiary/aromatic N) is 2. The summed E-state index contributed by atoms with van der Waals surface area (Å²) in [5.41, 5.74) is 2.48. The van der Waals surface area contributed by atoms with Crippen LogP contribution in [0.5, 0.6) is 0 Å². The highest BCUT2D eigenvalue weighted by Gasteiger charge is 2.29. The molecule has 7 nitrogen and oxygen atoms in total. The quantitative estimate of drug-likeness (QED) is 0.193. The smallest absolute Gasteiger partial charge is 0.340 e. The normalized spacial score (nSPS) is 10.7. The van der Waals surface area contributed by atoms with Crippen molar-refractivity contribution in [2.75, 3.05) is 6.61 Å². The molecule has 0 fully saturated rings. The average Bonchev–Trinajstić information content (AvgIpc) is 3.14. The van der Waals surface area contributed by atoms with Crippen LogP contribution < -0.4 is 0 Å². The van der Waals surface area contributed by atoms with Crippen molar-refractivity contribution in [1.82, 2.24) is 4.40 Å². The summed E-state index contributed by atoms with van der Waals surface area (Å²) in [4.78, 5) is 37.0. The third-order valence-corrected chi connectivity index (χ3v) is 4.94. The highest BCUT2D eigenvalue weighted by Crippen LogP contribution is 2.35. The Morgan fingerprint density at radius 1 is 0.968 bits per heavy atom. The summed E-state index contributed by atoms with van der Waals surface area (Å²) in [6.45, 7) is 1.92. The third kappa shape index (κ3) is 3.57. The van der Waals surface area contributed by atoms with Crippen LogP contribution in [-0.2, 0) is 4.74 Å². The summed E-state index contributed by atoms with van der Waals surface area (Å²) < 4.78 is 6.97. The first kappa shape index (κ1) is 20.0. The maximum absolute atomic E-state index is 13.6. The predicted octanol–water partition coefficient (Wildman–Crippen LogP) is 4.92. The van der Waals surface area contributed by atoms with E-state index in [2.05, 4.69) is 0 Å². The van der Waals surface area contributed by atoms with Crippen molar-refractivity contribution in [3.05, 3.63) is 106 Å². The highest BCUT2D eigenvalue weighted by atomic mass is 16.6. The van der Waals surface area contributed by atoms with Crippen molar-refractivity contribution in [2.24, 2.45) is 0 Å². The van der Waals surface area contributed by atoms with Crippen molar-refractivity contribution in [3.63, 3.8) is 0 Å². The minimum Gasteiger partial charge on any atom is -0.462 e. The van der Waals surface area contributed by atoms with E-state index in [9.17, 15) is 19.7 Å². The standard InChI is InChI=1S/C24H18N2O5/c1-2-31-24(28)21-19-10-6-7-15-25(19)22(20(21)16-8-4-3-5-9-16)23(27)17-11-13-18(14-12-17)26(29)30/h3-15H,2H2,1H3. The number of carbonyl (C=O) groups is 2. The molecule has 2 heterocycles. The Kier molecular flexibility index (Phi) is 5.32. The topological polar surface area (TPSA) is 90.9 Å². The minimum atomic E-state index is -0.521. The number of ketones is 1. The second kappa shape index (κ2) is 8.23. The first-order chi connectivity index (χ1) is 15.0. The summed E-state index contributed by atoms with van der Waals surface area (Å²) >= 11 is 0. The number of esters is 1. The van der Waals surface area contributed by atoms with Gasteiger partial charge in [0.05, 0.1) is 22.6 Å². The minimum absolute atomic E-state index is 0.105. The number of hydrogen-bond donors (Lipinski definition) is 0. The lowest BCUT2D eigenvalue weighted by molar-refractivity contribution is -0.384. The molecule has 4 rings (SSSR count). The van der Waals surface area contributed by atoms with Crippen molar-refractivity contribution < 1.29 is 19.2 Å². The molecule has 0 saturated heterocycles. The fourth-order valence-corrected chi connectivity index (χ4v) is 3.60. The number of rotatable bonds is 6. The Hall–Kier alpha value is -4.26. The van der Waals surface area contributed by atoms with E-state index in [1.165, 1.54) is 24.3 Å². The van der Waals surface area contributed by atoms with Gasteiger partial charge >= 0.3 is 5.97 Å². The Balaban J connectivity index is 2.01. The van der Waals surface area contributed by atoms with E-state index in [-0.39, 0.29) is 23.6 Å². The van der Waals surface area contributed by atoms with Crippen molar-refractivity contribution >= 4 is 23.0 Å². The molecule has 0 spiro atoms. The van der Waals surface area contributed by atoms with Gasteiger partial charge in [0.2, 0.25) is 5.78 Å². The zero-order valence-electron chi connectivity index (χ0n) is 16.6. The van der Waals surface area contributed by atoms with Crippen molar-refractivity contribution in [2.45, 2.75) is 6.92 Å². The van der Waals surface area contributed by atoms with Gasteiger partial charge < -0.3 is 9.14 Å². The van der Waals surface area contributed by atoms with Gasteiger partial charge in [-0.05, 0) is 36.8 Å². The number of aromatic nitrogens is 1. The van der Waals surface area contributed by atoms with E-state index >= 15 is 0 Å². The number of nitro benzene ring substituents is 1. The Morgan fingerprint density at radius 2 is 1.65 bits per heavy atom. The number of benzene rings is 2. The van der Waals surface area contributed by atoms with Crippen LogP contribution in [-0.4, -0.2) is 27.7 Å². The zero-order chi connectivity index (χ0) is 22.0. The number of carbonyl (C=O) groups excluding carboxylic acids is 2. The van der Waals surface area contributed by atoms with E-state index < -0.39 is 10.9 Å². The van der Waals surface area contributed by atoms with Gasteiger partial charge in [0.25, 0.3) is 5.69 Å². The first-order valence-corrected chi connectivity index (χ1v) is 9.67. The number of fused-ring (bicyclic) bond motifs is 1. The second-order valence-corrected chi connectivity index (χ2v) is 6.77. The van der Waals surface area contributed by atoms with Crippen LogP contribution in [0.2, 0.25) is 0 Å². The SMILES string of the molecule is CCOC(=O)c1c(-c2ccccc2)c(C(=O)c2ccc([N+](=O)[O-])cc2)n2ccccc12. The number of nitro groups is 1. The highest BCUT2D eigenvalue weighted by molar-refractivity contribution is 6.18. The zero-order valence-corrected chi connectivity index (χ0v) is 16.6. The lowest BCUT2D eigenvalue weighted by Crippen LogP contribution is -2.08. The summed E-state index contributed by atoms with van der Waals surface area (Å²) in [7, 11) is 0. The van der Waals surface area contributed by atoms with Gasteiger partial charge in [-0.1, -0.05) is 36.4 Å². The molecule has 0 aliphatic carbocycles. The van der Waals surface area contributed by atoms with Crippen LogP contribution in [0.25, 0.3) is 16.6 Å². The molecule has 0 aliphatic heterocycles. The van der Waals surface area contributed by atoms with Crippen LogP contribution in [0.15, 0.2) is 79.0 Å².